The second-order valence-corrected chi connectivity index (χ2v) is 5.57. The second-order valence-electron chi connectivity index (χ2n) is 4.75. The smallest absolute Gasteiger partial charge is 0.213 e. The van der Waals surface area contributed by atoms with Gasteiger partial charge in [0.25, 0.3) is 0 Å². The summed E-state index contributed by atoms with van der Waals surface area (Å²) in [5.74, 6) is -0.366. The number of hydrogen-bond donors (Lipinski definition) is 1. The van der Waals surface area contributed by atoms with Gasteiger partial charge in [-0.3, -0.25) is 0 Å². The molecule has 2 aromatic rings. The zero-order chi connectivity index (χ0) is 12.1. The third-order valence-corrected chi connectivity index (χ3v) is 3.26. The number of H-pyrrole nitrogens is 1. The summed E-state index contributed by atoms with van der Waals surface area (Å²) in [6.07, 6.45) is 1.74. The van der Waals surface area contributed by atoms with E-state index in [1.54, 1.807) is 16.7 Å². The number of halogens is 2. The summed E-state index contributed by atoms with van der Waals surface area (Å²) in [5, 5.41) is 0.381. The Morgan fingerprint density at radius 2 is 2.06 bits per heavy atom. The van der Waals surface area contributed by atoms with Crippen LogP contribution in [-0.4, -0.2) is 9.38 Å². The van der Waals surface area contributed by atoms with E-state index in [-0.39, 0.29) is 11.4 Å². The van der Waals surface area contributed by atoms with Crippen LogP contribution in [0.5, 0.6) is 0 Å². The molecule has 86 valence electrons. The van der Waals surface area contributed by atoms with Gasteiger partial charge >= 0.3 is 0 Å². The standard InChI is InChI=1S/C11H12ClFN2S/c1-11(2,3)8-9(13)14-10-7(12)6(16)4-5-15(8)10/h4-5,14H,1-3H3. The van der Waals surface area contributed by atoms with Crippen molar-refractivity contribution in [3.8, 4) is 0 Å². The van der Waals surface area contributed by atoms with Crippen molar-refractivity contribution in [1.82, 2.24) is 9.38 Å². The molecule has 0 aliphatic heterocycles. The molecule has 2 rings (SSSR count). The number of nitrogens with one attached hydrogen (secondary N) is 1. The largest absolute Gasteiger partial charge is 0.315 e. The molecule has 0 saturated carbocycles. The minimum Gasteiger partial charge on any atom is -0.315 e. The summed E-state index contributed by atoms with van der Waals surface area (Å²) in [6, 6.07) is 1.70. The van der Waals surface area contributed by atoms with Crippen LogP contribution in [0.1, 0.15) is 26.5 Å². The maximum absolute atomic E-state index is 13.8. The normalized spacial score (nSPS) is 12.3. The number of nitrogens with zero attached hydrogens (tertiary/aromatic N) is 1. The molecule has 0 bridgehead atoms. The molecule has 2 aromatic heterocycles. The first kappa shape index (κ1) is 11.6. The quantitative estimate of drug-likeness (QED) is 0.706. The number of aromatic amines is 1. The van der Waals surface area contributed by atoms with Crippen LogP contribution in [0.25, 0.3) is 5.65 Å². The Morgan fingerprint density at radius 1 is 1.44 bits per heavy atom. The molecule has 0 unspecified atom stereocenters. The lowest BCUT2D eigenvalue weighted by molar-refractivity contribution is 0.492. The average molecular weight is 259 g/mol. The van der Waals surface area contributed by atoms with Gasteiger partial charge in [0.15, 0.2) is 0 Å². The molecule has 5 heteroatoms. The monoisotopic (exact) mass is 258 g/mol. The van der Waals surface area contributed by atoms with E-state index < -0.39 is 0 Å². The molecule has 0 fully saturated rings. The Balaban J connectivity index is 2.93. The van der Waals surface area contributed by atoms with Crippen molar-refractivity contribution in [3.05, 3.63) is 33.4 Å². The highest BCUT2D eigenvalue weighted by molar-refractivity contribution is 7.71. The molecule has 0 radical (unpaired) electrons. The van der Waals surface area contributed by atoms with Crippen molar-refractivity contribution in [1.29, 1.82) is 0 Å². The van der Waals surface area contributed by atoms with E-state index in [0.717, 1.165) is 0 Å². The van der Waals surface area contributed by atoms with Crippen molar-refractivity contribution in [2.75, 3.05) is 0 Å². The van der Waals surface area contributed by atoms with Gasteiger partial charge in [0.05, 0.1) is 15.2 Å². The van der Waals surface area contributed by atoms with Crippen molar-refractivity contribution in [2.45, 2.75) is 26.2 Å². The van der Waals surface area contributed by atoms with Gasteiger partial charge in [0, 0.05) is 11.6 Å². The van der Waals surface area contributed by atoms with Gasteiger partial charge in [-0.1, -0.05) is 44.6 Å². The maximum atomic E-state index is 13.8. The van der Waals surface area contributed by atoms with E-state index >= 15 is 0 Å². The Bertz CT molecular complexity index is 607. The lowest BCUT2D eigenvalue weighted by Crippen LogP contribution is -2.16. The summed E-state index contributed by atoms with van der Waals surface area (Å²) in [7, 11) is 0. The molecule has 0 atom stereocenters. The van der Waals surface area contributed by atoms with Crippen LogP contribution in [-0.2, 0) is 5.41 Å². The van der Waals surface area contributed by atoms with E-state index in [0.29, 0.717) is 20.9 Å². The molecule has 0 aliphatic rings. The lowest BCUT2D eigenvalue weighted by atomic mass is 9.92. The molecule has 0 amide bonds. The maximum Gasteiger partial charge on any atom is 0.213 e. The minimum atomic E-state index is -0.366. The van der Waals surface area contributed by atoms with E-state index in [9.17, 15) is 4.39 Å². The highest BCUT2D eigenvalue weighted by Gasteiger charge is 2.24. The fourth-order valence-electron chi connectivity index (χ4n) is 1.77. The number of imidazole rings is 1. The van der Waals surface area contributed by atoms with Crippen LogP contribution in [0, 0.1) is 10.5 Å². The van der Waals surface area contributed by atoms with Crippen molar-refractivity contribution >= 4 is 29.5 Å². The zero-order valence-electron chi connectivity index (χ0n) is 9.27. The summed E-state index contributed by atoms with van der Waals surface area (Å²) in [6.45, 7) is 5.84. The Kier molecular flexibility index (Phi) is 2.59. The highest BCUT2D eigenvalue weighted by Crippen LogP contribution is 2.28. The Labute approximate surface area is 103 Å². The van der Waals surface area contributed by atoms with E-state index in [2.05, 4.69) is 4.98 Å². The number of aromatic nitrogens is 2. The van der Waals surface area contributed by atoms with E-state index in [1.165, 1.54) is 0 Å². The molecular formula is C11H12ClFN2S. The van der Waals surface area contributed by atoms with Crippen LogP contribution >= 0.6 is 23.8 Å². The topological polar surface area (TPSA) is 20.2 Å². The summed E-state index contributed by atoms with van der Waals surface area (Å²) in [5.41, 5.74) is 0.773. The molecule has 0 aliphatic carbocycles. The summed E-state index contributed by atoms with van der Waals surface area (Å²) in [4.78, 5) is 2.64. The van der Waals surface area contributed by atoms with Gasteiger partial charge in [-0.2, -0.15) is 4.39 Å². The number of hydrogen-bond acceptors (Lipinski definition) is 1. The van der Waals surface area contributed by atoms with E-state index in [4.69, 9.17) is 23.8 Å². The van der Waals surface area contributed by atoms with Crippen LogP contribution in [0.4, 0.5) is 4.39 Å². The highest BCUT2D eigenvalue weighted by atomic mass is 35.5. The van der Waals surface area contributed by atoms with Gasteiger partial charge in [-0.15, -0.1) is 0 Å². The number of fused-ring (bicyclic) bond motifs is 1. The predicted molar refractivity (Wildman–Crippen MR) is 66.2 cm³/mol. The van der Waals surface area contributed by atoms with Crippen LogP contribution in [0.2, 0.25) is 5.02 Å². The molecular weight excluding hydrogens is 247 g/mol. The lowest BCUT2D eigenvalue weighted by Gasteiger charge is -2.18. The van der Waals surface area contributed by atoms with Gasteiger partial charge in [-0.25, -0.2) is 0 Å². The third kappa shape index (κ3) is 1.66. The molecule has 2 nitrogen and oxygen atoms in total. The van der Waals surface area contributed by atoms with E-state index in [1.807, 2.05) is 20.8 Å². The van der Waals surface area contributed by atoms with Gasteiger partial charge < -0.3 is 9.38 Å². The third-order valence-electron chi connectivity index (χ3n) is 2.43. The fourth-order valence-corrected chi connectivity index (χ4v) is 2.13. The molecule has 0 aromatic carbocycles. The Morgan fingerprint density at radius 3 is 2.62 bits per heavy atom. The van der Waals surface area contributed by atoms with Gasteiger partial charge in [-0.05, 0) is 6.07 Å². The first-order chi connectivity index (χ1) is 7.32. The number of rotatable bonds is 0. The first-order valence-electron chi connectivity index (χ1n) is 4.91. The summed E-state index contributed by atoms with van der Waals surface area (Å²) >= 11 is 11.1. The van der Waals surface area contributed by atoms with Crippen molar-refractivity contribution in [3.63, 3.8) is 0 Å². The zero-order valence-corrected chi connectivity index (χ0v) is 10.8. The average Bonchev–Trinajstić information content (AvgIpc) is 2.48. The van der Waals surface area contributed by atoms with Crippen LogP contribution < -0.4 is 0 Å². The molecule has 2 heterocycles. The van der Waals surface area contributed by atoms with Crippen LogP contribution in [0.3, 0.4) is 0 Å². The van der Waals surface area contributed by atoms with Crippen molar-refractivity contribution in [2.24, 2.45) is 0 Å². The second kappa shape index (κ2) is 3.57. The molecule has 0 saturated heterocycles. The fraction of sp³-hybridized carbons (Fsp3) is 0.364. The predicted octanol–water partition coefficient (Wildman–Crippen LogP) is 4.09. The van der Waals surface area contributed by atoms with Crippen molar-refractivity contribution < 1.29 is 4.39 Å². The SMILES string of the molecule is CC(C)(C)c1c(F)[nH]c2c(Cl)c(=S)ccn12. The first-order valence-corrected chi connectivity index (χ1v) is 5.70. The summed E-state index contributed by atoms with van der Waals surface area (Å²) < 4.78 is 16.1. The minimum absolute atomic E-state index is 0.306. The molecule has 0 spiro atoms. The van der Waals surface area contributed by atoms with Crippen LogP contribution in [0.15, 0.2) is 12.3 Å². The number of pyridine rings is 1. The van der Waals surface area contributed by atoms with Gasteiger partial charge in [0.2, 0.25) is 5.95 Å². The molecule has 1 N–H and O–H groups in total. The Hall–Kier alpha value is -0.870. The molecule has 16 heavy (non-hydrogen) atoms. The van der Waals surface area contributed by atoms with Gasteiger partial charge in [0.1, 0.15) is 5.65 Å².